The summed E-state index contributed by atoms with van der Waals surface area (Å²) in [6, 6.07) is 22.3. The molecule has 184 valence electrons. The third-order valence-electron chi connectivity index (χ3n) is 6.36. The summed E-state index contributed by atoms with van der Waals surface area (Å²) in [5.74, 6) is 0.982. The van der Waals surface area contributed by atoms with Crippen LogP contribution in [0.25, 0.3) is 6.08 Å². The number of piperazine rings is 1. The minimum absolute atomic E-state index is 0.0555. The highest BCUT2D eigenvalue weighted by atomic mass is 35.5. The largest absolute Gasteiger partial charge is 0.497 e. The molecule has 7 nitrogen and oxygen atoms in total. The molecule has 3 aromatic carbocycles. The lowest BCUT2D eigenvalue weighted by Crippen LogP contribution is -2.52. The molecule has 0 bridgehead atoms. The van der Waals surface area contributed by atoms with Crippen LogP contribution in [-0.4, -0.2) is 56.5 Å². The number of hydrogen-bond acceptors (Lipinski definition) is 5. The molecular formula is C28H26ClN3O4. The van der Waals surface area contributed by atoms with Crippen molar-refractivity contribution in [3.63, 3.8) is 0 Å². The molecule has 8 heteroatoms. The average molecular weight is 504 g/mol. The number of methoxy groups -OCH3 is 1. The van der Waals surface area contributed by atoms with Crippen LogP contribution in [-0.2, 0) is 9.59 Å². The first-order valence-electron chi connectivity index (χ1n) is 11.7. The Bertz CT molecular complexity index is 1280. The van der Waals surface area contributed by atoms with Gasteiger partial charge in [-0.05, 0) is 60.2 Å². The maximum atomic E-state index is 13.4. The maximum absolute atomic E-state index is 13.4. The number of anilines is 2. The molecule has 1 saturated heterocycles. The molecule has 0 spiro atoms. The van der Waals surface area contributed by atoms with Crippen LogP contribution in [0.5, 0.6) is 11.5 Å². The van der Waals surface area contributed by atoms with E-state index < -0.39 is 0 Å². The van der Waals surface area contributed by atoms with E-state index in [1.165, 1.54) is 4.90 Å². The van der Waals surface area contributed by atoms with Crippen molar-refractivity contribution in [1.82, 2.24) is 4.90 Å². The number of halogens is 1. The second-order valence-electron chi connectivity index (χ2n) is 8.59. The molecule has 0 N–H and O–H groups in total. The molecular weight excluding hydrogens is 478 g/mol. The Morgan fingerprint density at radius 1 is 0.972 bits per heavy atom. The summed E-state index contributed by atoms with van der Waals surface area (Å²) in [5.41, 5.74) is 2.46. The minimum Gasteiger partial charge on any atom is -0.497 e. The first kappa shape index (κ1) is 23.8. The first-order valence-corrected chi connectivity index (χ1v) is 12.1. The Kier molecular flexibility index (Phi) is 6.82. The van der Waals surface area contributed by atoms with Crippen molar-refractivity contribution in [1.29, 1.82) is 0 Å². The highest BCUT2D eigenvalue weighted by Crippen LogP contribution is 2.35. The molecule has 2 amide bonds. The van der Waals surface area contributed by atoms with E-state index in [-0.39, 0.29) is 24.1 Å². The predicted octanol–water partition coefficient (Wildman–Crippen LogP) is 4.46. The Labute approximate surface area is 215 Å². The van der Waals surface area contributed by atoms with E-state index in [9.17, 15) is 9.59 Å². The van der Waals surface area contributed by atoms with Gasteiger partial charge in [0.25, 0.3) is 5.91 Å². The summed E-state index contributed by atoms with van der Waals surface area (Å²) in [6.07, 6.45) is 1.68. The van der Waals surface area contributed by atoms with Crippen molar-refractivity contribution in [3.05, 3.63) is 89.1 Å². The van der Waals surface area contributed by atoms with Crippen LogP contribution < -0.4 is 19.3 Å². The number of carbonyl (C=O) groups excluding carboxylic acids is 2. The lowest BCUT2D eigenvalue weighted by atomic mass is 10.1. The van der Waals surface area contributed by atoms with Gasteiger partial charge in [-0.3, -0.25) is 14.5 Å². The van der Waals surface area contributed by atoms with E-state index in [4.69, 9.17) is 21.1 Å². The molecule has 0 aromatic heterocycles. The standard InChI is InChI=1S/C28H26ClN3O4/c1-35-23-12-6-20(7-13-23)18-26-28(34)32(24-4-2-3-5-25(24)36-26)19-27(33)31-16-14-30(15-17-31)22-10-8-21(29)9-11-22/h2-13,18H,14-17,19H2,1H3. The van der Waals surface area contributed by atoms with E-state index in [1.807, 2.05) is 65.6 Å². The zero-order chi connectivity index (χ0) is 25.1. The van der Waals surface area contributed by atoms with E-state index >= 15 is 0 Å². The number of rotatable bonds is 5. The summed E-state index contributed by atoms with van der Waals surface area (Å²) in [6.45, 7) is 2.53. The molecule has 0 atom stereocenters. The van der Waals surface area contributed by atoms with E-state index in [1.54, 1.807) is 25.3 Å². The van der Waals surface area contributed by atoms with Crippen molar-refractivity contribution in [3.8, 4) is 11.5 Å². The highest BCUT2D eigenvalue weighted by Gasteiger charge is 2.33. The van der Waals surface area contributed by atoms with Gasteiger partial charge in [0.1, 0.15) is 12.3 Å². The van der Waals surface area contributed by atoms with Crippen LogP contribution in [0.1, 0.15) is 5.56 Å². The molecule has 1 fully saturated rings. The SMILES string of the molecule is COc1ccc(C=C2Oc3ccccc3N(CC(=O)N3CCN(c4ccc(Cl)cc4)CC3)C2=O)cc1. The monoisotopic (exact) mass is 503 g/mol. The predicted molar refractivity (Wildman–Crippen MR) is 141 cm³/mol. The van der Waals surface area contributed by atoms with Gasteiger partial charge in [0.2, 0.25) is 5.91 Å². The smallest absolute Gasteiger partial charge is 0.294 e. The minimum atomic E-state index is -0.349. The van der Waals surface area contributed by atoms with E-state index in [2.05, 4.69) is 4.90 Å². The molecule has 0 unspecified atom stereocenters. The number of benzene rings is 3. The third-order valence-corrected chi connectivity index (χ3v) is 6.61. The summed E-state index contributed by atoms with van der Waals surface area (Å²) in [5, 5.41) is 0.698. The third kappa shape index (κ3) is 5.02. The van der Waals surface area contributed by atoms with E-state index in [0.29, 0.717) is 42.6 Å². The number of carbonyl (C=O) groups is 2. The molecule has 0 radical (unpaired) electrons. The van der Waals surface area contributed by atoms with Gasteiger partial charge in [0.15, 0.2) is 11.5 Å². The van der Waals surface area contributed by atoms with Crippen molar-refractivity contribution in [2.75, 3.05) is 49.6 Å². The number of nitrogens with zero attached hydrogens (tertiary/aromatic N) is 3. The van der Waals surface area contributed by atoms with Gasteiger partial charge in [0.05, 0.1) is 12.8 Å². The molecule has 36 heavy (non-hydrogen) atoms. The van der Waals surface area contributed by atoms with Gasteiger partial charge in [-0.2, -0.15) is 0 Å². The molecule has 5 rings (SSSR count). The van der Waals surface area contributed by atoms with Crippen molar-refractivity contribution >= 4 is 40.9 Å². The van der Waals surface area contributed by atoms with Crippen LogP contribution in [0.15, 0.2) is 78.6 Å². The normalized spacial score (nSPS) is 16.6. The Morgan fingerprint density at radius 3 is 2.36 bits per heavy atom. The second-order valence-corrected chi connectivity index (χ2v) is 9.02. The fourth-order valence-electron chi connectivity index (χ4n) is 4.37. The van der Waals surface area contributed by atoms with Gasteiger partial charge < -0.3 is 19.3 Å². The van der Waals surface area contributed by atoms with Crippen LogP contribution in [0.2, 0.25) is 5.02 Å². The van der Waals surface area contributed by atoms with Crippen LogP contribution >= 0.6 is 11.6 Å². The number of fused-ring (bicyclic) bond motifs is 1. The average Bonchev–Trinajstić information content (AvgIpc) is 2.92. The summed E-state index contributed by atoms with van der Waals surface area (Å²) >= 11 is 6.00. The lowest BCUT2D eigenvalue weighted by Gasteiger charge is -2.37. The highest BCUT2D eigenvalue weighted by molar-refractivity contribution is 6.30. The number of hydrogen-bond donors (Lipinski definition) is 0. The Balaban J connectivity index is 1.30. The molecule has 2 heterocycles. The number of para-hydroxylation sites is 2. The van der Waals surface area contributed by atoms with Gasteiger partial charge >= 0.3 is 0 Å². The van der Waals surface area contributed by atoms with Crippen molar-refractivity contribution in [2.45, 2.75) is 0 Å². The van der Waals surface area contributed by atoms with Crippen LogP contribution in [0.3, 0.4) is 0 Å². The van der Waals surface area contributed by atoms with Gasteiger partial charge in [-0.25, -0.2) is 0 Å². The summed E-state index contributed by atoms with van der Waals surface area (Å²) < 4.78 is 11.1. The summed E-state index contributed by atoms with van der Waals surface area (Å²) in [7, 11) is 1.60. The zero-order valence-electron chi connectivity index (χ0n) is 19.9. The van der Waals surface area contributed by atoms with Crippen LogP contribution in [0.4, 0.5) is 11.4 Å². The molecule has 0 aliphatic carbocycles. The Hall–Kier alpha value is -3.97. The zero-order valence-corrected chi connectivity index (χ0v) is 20.6. The second kappa shape index (κ2) is 10.3. The van der Waals surface area contributed by atoms with E-state index in [0.717, 1.165) is 17.0 Å². The first-order chi connectivity index (χ1) is 17.5. The lowest BCUT2D eigenvalue weighted by molar-refractivity contribution is -0.131. The fraction of sp³-hybridized carbons (Fsp3) is 0.214. The topological polar surface area (TPSA) is 62.3 Å². The van der Waals surface area contributed by atoms with Crippen molar-refractivity contribution in [2.24, 2.45) is 0 Å². The van der Waals surface area contributed by atoms with Gasteiger partial charge in [-0.15, -0.1) is 0 Å². The molecule has 0 saturated carbocycles. The maximum Gasteiger partial charge on any atom is 0.294 e. The van der Waals surface area contributed by atoms with Crippen molar-refractivity contribution < 1.29 is 19.1 Å². The molecule has 2 aliphatic heterocycles. The van der Waals surface area contributed by atoms with Gasteiger partial charge in [-0.1, -0.05) is 35.9 Å². The van der Waals surface area contributed by atoms with Crippen LogP contribution in [0, 0.1) is 0 Å². The summed E-state index contributed by atoms with van der Waals surface area (Å²) in [4.78, 5) is 32.2. The number of ether oxygens (including phenoxy) is 2. The molecule has 2 aliphatic rings. The number of amides is 2. The van der Waals surface area contributed by atoms with Gasteiger partial charge in [0, 0.05) is 36.9 Å². The fourth-order valence-corrected chi connectivity index (χ4v) is 4.50. The molecule has 3 aromatic rings. The quantitative estimate of drug-likeness (QED) is 0.481. The Morgan fingerprint density at radius 2 is 1.67 bits per heavy atom.